The summed E-state index contributed by atoms with van der Waals surface area (Å²) >= 11 is 0. The van der Waals surface area contributed by atoms with Crippen molar-refractivity contribution >= 4 is 0 Å². The molecular formula is C11H23NO. The van der Waals surface area contributed by atoms with Crippen molar-refractivity contribution in [3.63, 3.8) is 0 Å². The van der Waals surface area contributed by atoms with Crippen molar-refractivity contribution < 1.29 is 4.74 Å². The van der Waals surface area contributed by atoms with E-state index in [9.17, 15) is 0 Å². The van der Waals surface area contributed by atoms with E-state index in [1.54, 1.807) is 0 Å². The monoisotopic (exact) mass is 185 g/mol. The summed E-state index contributed by atoms with van der Waals surface area (Å²) in [5.74, 6) is 0. The molecule has 1 rings (SSSR count). The van der Waals surface area contributed by atoms with Crippen LogP contribution in [0.1, 0.15) is 46.0 Å². The third kappa shape index (κ3) is 3.65. The number of hydrogen-bond acceptors (Lipinski definition) is 2. The molecule has 0 N–H and O–H groups in total. The fraction of sp³-hybridized carbons (Fsp3) is 1.00. The molecule has 1 atom stereocenters. The van der Waals surface area contributed by atoms with Crippen LogP contribution in [0.3, 0.4) is 0 Å². The Kier molecular flexibility index (Phi) is 5.40. The molecule has 0 bridgehead atoms. The average Bonchev–Trinajstić information content (AvgIpc) is 2.65. The van der Waals surface area contributed by atoms with Gasteiger partial charge in [-0.05, 0) is 25.7 Å². The first-order valence-corrected chi connectivity index (χ1v) is 5.74. The summed E-state index contributed by atoms with van der Waals surface area (Å²) in [6.45, 7) is 7.88. The number of hydrogen-bond donors (Lipinski definition) is 0. The SMILES string of the molecule is CCCCN(CCC)C1CCCO1. The Balaban J connectivity index is 2.26. The quantitative estimate of drug-likeness (QED) is 0.630. The fourth-order valence-electron chi connectivity index (χ4n) is 1.90. The zero-order valence-electron chi connectivity index (χ0n) is 9.09. The molecule has 0 aliphatic carbocycles. The Morgan fingerprint density at radius 1 is 1.23 bits per heavy atom. The summed E-state index contributed by atoms with van der Waals surface area (Å²) in [6, 6.07) is 0. The van der Waals surface area contributed by atoms with Crippen molar-refractivity contribution in [3.05, 3.63) is 0 Å². The maximum absolute atomic E-state index is 5.69. The molecule has 1 unspecified atom stereocenters. The van der Waals surface area contributed by atoms with Gasteiger partial charge in [0.05, 0.1) is 0 Å². The lowest BCUT2D eigenvalue weighted by Crippen LogP contribution is -2.36. The highest BCUT2D eigenvalue weighted by Crippen LogP contribution is 2.17. The molecule has 13 heavy (non-hydrogen) atoms. The molecule has 0 spiro atoms. The molecule has 0 amide bonds. The maximum atomic E-state index is 5.69. The lowest BCUT2D eigenvalue weighted by molar-refractivity contribution is -0.0203. The molecule has 78 valence electrons. The molecule has 0 aromatic heterocycles. The lowest BCUT2D eigenvalue weighted by atomic mass is 10.2. The van der Waals surface area contributed by atoms with Crippen molar-refractivity contribution in [1.29, 1.82) is 0 Å². The second kappa shape index (κ2) is 6.39. The summed E-state index contributed by atoms with van der Waals surface area (Å²) in [5, 5.41) is 0. The molecule has 2 nitrogen and oxygen atoms in total. The third-order valence-electron chi connectivity index (χ3n) is 2.62. The number of unbranched alkanes of at least 4 members (excludes halogenated alkanes) is 1. The van der Waals surface area contributed by atoms with Crippen LogP contribution in [-0.4, -0.2) is 30.8 Å². The normalized spacial score (nSPS) is 22.8. The van der Waals surface area contributed by atoms with Gasteiger partial charge >= 0.3 is 0 Å². The zero-order chi connectivity index (χ0) is 9.52. The number of ether oxygens (including phenoxy) is 1. The maximum Gasteiger partial charge on any atom is 0.110 e. The summed E-state index contributed by atoms with van der Waals surface area (Å²) in [5.41, 5.74) is 0. The first kappa shape index (κ1) is 11.0. The predicted octanol–water partition coefficient (Wildman–Crippen LogP) is 2.64. The Morgan fingerprint density at radius 2 is 2.08 bits per heavy atom. The van der Waals surface area contributed by atoms with Gasteiger partial charge in [-0.25, -0.2) is 0 Å². The van der Waals surface area contributed by atoms with Gasteiger partial charge in [0.1, 0.15) is 6.23 Å². The van der Waals surface area contributed by atoms with Crippen molar-refractivity contribution in [2.75, 3.05) is 19.7 Å². The molecule has 1 fully saturated rings. The van der Waals surface area contributed by atoms with Crippen LogP contribution in [0.5, 0.6) is 0 Å². The van der Waals surface area contributed by atoms with Crippen molar-refractivity contribution in [2.24, 2.45) is 0 Å². The highest BCUT2D eigenvalue weighted by Gasteiger charge is 2.21. The third-order valence-corrected chi connectivity index (χ3v) is 2.62. The van der Waals surface area contributed by atoms with E-state index in [1.807, 2.05) is 0 Å². The fourth-order valence-corrected chi connectivity index (χ4v) is 1.90. The molecule has 0 saturated carbocycles. The molecule has 0 radical (unpaired) electrons. The highest BCUT2D eigenvalue weighted by atomic mass is 16.5. The van der Waals surface area contributed by atoms with Crippen LogP contribution in [0.2, 0.25) is 0 Å². The topological polar surface area (TPSA) is 12.5 Å². The Morgan fingerprint density at radius 3 is 2.62 bits per heavy atom. The molecule has 1 aliphatic heterocycles. The Labute approximate surface area is 82.3 Å². The summed E-state index contributed by atoms with van der Waals surface area (Å²) in [7, 11) is 0. The Hall–Kier alpha value is -0.0800. The van der Waals surface area contributed by atoms with Crippen LogP contribution in [0.25, 0.3) is 0 Å². The summed E-state index contributed by atoms with van der Waals surface area (Å²) < 4.78 is 5.69. The molecule has 1 aliphatic rings. The van der Waals surface area contributed by atoms with Crippen LogP contribution in [0, 0.1) is 0 Å². The van der Waals surface area contributed by atoms with Crippen LogP contribution >= 0.6 is 0 Å². The minimum atomic E-state index is 0.437. The van der Waals surface area contributed by atoms with Crippen molar-refractivity contribution in [3.8, 4) is 0 Å². The average molecular weight is 185 g/mol. The lowest BCUT2D eigenvalue weighted by Gasteiger charge is -2.27. The van der Waals surface area contributed by atoms with Gasteiger partial charge in [-0.2, -0.15) is 0 Å². The van der Waals surface area contributed by atoms with E-state index in [0.29, 0.717) is 6.23 Å². The van der Waals surface area contributed by atoms with E-state index in [1.165, 1.54) is 45.2 Å². The van der Waals surface area contributed by atoms with Crippen LogP contribution < -0.4 is 0 Å². The second-order valence-electron chi connectivity index (χ2n) is 3.86. The van der Waals surface area contributed by atoms with Gasteiger partial charge < -0.3 is 4.74 Å². The summed E-state index contributed by atoms with van der Waals surface area (Å²) in [6.07, 6.45) is 6.75. The van der Waals surface area contributed by atoms with Gasteiger partial charge in [-0.1, -0.05) is 20.3 Å². The minimum Gasteiger partial charge on any atom is -0.363 e. The molecular weight excluding hydrogens is 162 g/mol. The molecule has 1 heterocycles. The molecule has 0 aromatic rings. The first-order chi connectivity index (χ1) is 6.38. The predicted molar refractivity (Wildman–Crippen MR) is 55.7 cm³/mol. The Bertz CT molecular complexity index is 121. The van der Waals surface area contributed by atoms with Crippen LogP contribution in [0.15, 0.2) is 0 Å². The number of rotatable bonds is 6. The molecule has 0 aromatic carbocycles. The standard InChI is InChI=1S/C11H23NO/c1-3-5-9-12(8-4-2)11-7-6-10-13-11/h11H,3-10H2,1-2H3. The van der Waals surface area contributed by atoms with Gasteiger partial charge in [-0.3, -0.25) is 4.90 Å². The van der Waals surface area contributed by atoms with Crippen molar-refractivity contribution in [1.82, 2.24) is 4.90 Å². The molecule has 2 heteroatoms. The van der Waals surface area contributed by atoms with Gasteiger partial charge in [0.15, 0.2) is 0 Å². The first-order valence-electron chi connectivity index (χ1n) is 5.74. The largest absolute Gasteiger partial charge is 0.363 e. The van der Waals surface area contributed by atoms with E-state index in [0.717, 1.165) is 6.61 Å². The van der Waals surface area contributed by atoms with Crippen molar-refractivity contribution in [2.45, 2.75) is 52.2 Å². The van der Waals surface area contributed by atoms with E-state index >= 15 is 0 Å². The highest BCUT2D eigenvalue weighted by molar-refractivity contribution is 4.67. The zero-order valence-corrected chi connectivity index (χ0v) is 9.09. The summed E-state index contributed by atoms with van der Waals surface area (Å²) in [4.78, 5) is 2.51. The van der Waals surface area contributed by atoms with E-state index < -0.39 is 0 Å². The minimum absolute atomic E-state index is 0.437. The van der Waals surface area contributed by atoms with Gasteiger partial charge in [0.25, 0.3) is 0 Å². The second-order valence-corrected chi connectivity index (χ2v) is 3.86. The smallest absolute Gasteiger partial charge is 0.110 e. The van der Waals surface area contributed by atoms with Gasteiger partial charge in [0.2, 0.25) is 0 Å². The van der Waals surface area contributed by atoms with E-state index in [-0.39, 0.29) is 0 Å². The van der Waals surface area contributed by atoms with Crippen LogP contribution in [0.4, 0.5) is 0 Å². The number of nitrogens with zero attached hydrogens (tertiary/aromatic N) is 1. The van der Waals surface area contributed by atoms with Gasteiger partial charge in [-0.15, -0.1) is 0 Å². The van der Waals surface area contributed by atoms with Crippen LogP contribution in [-0.2, 0) is 4.74 Å². The van der Waals surface area contributed by atoms with E-state index in [4.69, 9.17) is 4.74 Å². The van der Waals surface area contributed by atoms with E-state index in [2.05, 4.69) is 18.7 Å². The van der Waals surface area contributed by atoms with Gasteiger partial charge in [0, 0.05) is 19.7 Å². The molecule has 1 saturated heterocycles.